The number of carbonyl (C=O) groups excluding carboxylic acids is 2. The van der Waals surface area contributed by atoms with Crippen LogP contribution in [0.2, 0.25) is 0 Å². The largest absolute Gasteiger partial charge is 0.444 e. The summed E-state index contributed by atoms with van der Waals surface area (Å²) in [7, 11) is 0. The van der Waals surface area contributed by atoms with Gasteiger partial charge in [-0.2, -0.15) is 18.3 Å². The number of nitrogens with one attached hydrogen (secondary N) is 3. The monoisotopic (exact) mass is 633 g/mol. The van der Waals surface area contributed by atoms with Crippen LogP contribution in [0.25, 0.3) is 5.69 Å². The lowest BCUT2D eigenvalue weighted by atomic mass is 9.94. The van der Waals surface area contributed by atoms with Crippen LogP contribution in [0.3, 0.4) is 0 Å². The lowest BCUT2D eigenvalue weighted by Crippen LogP contribution is -2.32. The van der Waals surface area contributed by atoms with Crippen molar-refractivity contribution in [2.45, 2.75) is 64.9 Å². The van der Waals surface area contributed by atoms with Gasteiger partial charge in [-0.3, -0.25) is 4.79 Å². The second kappa shape index (κ2) is 13.4. The highest BCUT2D eigenvalue weighted by atomic mass is 19.4. The van der Waals surface area contributed by atoms with E-state index in [0.717, 1.165) is 34.0 Å². The molecule has 0 saturated heterocycles. The molecule has 46 heavy (non-hydrogen) atoms. The lowest BCUT2D eigenvalue weighted by molar-refractivity contribution is -0.141. The average molecular weight is 634 g/mol. The Labute approximate surface area is 266 Å². The van der Waals surface area contributed by atoms with Crippen LogP contribution in [0, 0.1) is 12.8 Å². The van der Waals surface area contributed by atoms with E-state index < -0.39 is 29.5 Å². The molecule has 3 N–H and O–H groups in total. The molecular weight excluding hydrogens is 595 g/mol. The van der Waals surface area contributed by atoms with Crippen molar-refractivity contribution in [1.82, 2.24) is 20.4 Å². The summed E-state index contributed by atoms with van der Waals surface area (Å²) in [4.78, 5) is 25.7. The number of anilines is 1. The second-order valence-electron chi connectivity index (χ2n) is 12.6. The van der Waals surface area contributed by atoms with Gasteiger partial charge >= 0.3 is 12.3 Å². The van der Waals surface area contributed by atoms with Crippen LogP contribution in [-0.4, -0.2) is 33.9 Å². The van der Waals surface area contributed by atoms with Crippen LogP contribution in [-0.2, 0) is 17.5 Å². The Balaban J connectivity index is 1.40. The molecule has 0 bridgehead atoms. The number of halogens is 3. The molecule has 1 aromatic heterocycles. The summed E-state index contributed by atoms with van der Waals surface area (Å²) in [6, 6.07) is 22.4. The molecule has 1 unspecified atom stereocenters. The predicted molar refractivity (Wildman–Crippen MR) is 170 cm³/mol. The van der Waals surface area contributed by atoms with E-state index in [-0.39, 0.29) is 24.0 Å². The lowest BCUT2D eigenvalue weighted by Gasteiger charge is -2.22. The van der Waals surface area contributed by atoms with Crippen LogP contribution >= 0.6 is 0 Å². The maximum absolute atomic E-state index is 13.8. The Kier molecular flexibility index (Phi) is 9.52. The van der Waals surface area contributed by atoms with Crippen LogP contribution in [0.5, 0.6) is 0 Å². The Morgan fingerprint density at radius 1 is 0.978 bits per heavy atom. The summed E-state index contributed by atoms with van der Waals surface area (Å²) in [5, 5.41) is 12.8. The van der Waals surface area contributed by atoms with E-state index in [4.69, 9.17) is 4.74 Å². The topological polar surface area (TPSA) is 97.3 Å². The second-order valence-corrected chi connectivity index (χ2v) is 12.6. The first-order valence-corrected chi connectivity index (χ1v) is 15.2. The van der Waals surface area contributed by atoms with Gasteiger partial charge in [-0.25, -0.2) is 9.48 Å². The van der Waals surface area contributed by atoms with Gasteiger partial charge in [0.2, 0.25) is 0 Å². The number of amides is 2. The SMILES string of the molecule is Cc1ccccc1C(NCC1CC1)c1cccc(NC(=O)c2cc(C(F)(F)F)nn2-c2cccc(CNC(=O)OC(C)(C)C)c2)c1. The van der Waals surface area contributed by atoms with Gasteiger partial charge in [0.15, 0.2) is 5.69 Å². The molecule has 242 valence electrons. The van der Waals surface area contributed by atoms with Gasteiger partial charge in [0, 0.05) is 18.3 Å². The summed E-state index contributed by atoms with van der Waals surface area (Å²) in [5.41, 5.74) is 2.20. The van der Waals surface area contributed by atoms with E-state index in [1.54, 1.807) is 51.1 Å². The minimum absolute atomic E-state index is 0.0569. The quantitative estimate of drug-likeness (QED) is 0.167. The van der Waals surface area contributed by atoms with Gasteiger partial charge in [-0.05, 0) is 99.5 Å². The minimum atomic E-state index is -4.77. The number of hydrogen-bond acceptors (Lipinski definition) is 5. The highest BCUT2D eigenvalue weighted by Crippen LogP contribution is 2.33. The first kappa shape index (κ1) is 32.7. The molecule has 1 atom stereocenters. The van der Waals surface area contributed by atoms with Crippen molar-refractivity contribution in [3.05, 3.63) is 113 Å². The van der Waals surface area contributed by atoms with E-state index in [2.05, 4.69) is 40.1 Å². The Morgan fingerprint density at radius 3 is 2.41 bits per heavy atom. The number of alkyl halides is 3. The van der Waals surface area contributed by atoms with Crippen LogP contribution in [0.1, 0.15) is 78.1 Å². The summed E-state index contributed by atoms with van der Waals surface area (Å²) >= 11 is 0. The molecule has 0 aliphatic heterocycles. The number of benzene rings is 3. The van der Waals surface area contributed by atoms with Crippen molar-refractivity contribution >= 4 is 17.7 Å². The van der Waals surface area contributed by atoms with Gasteiger partial charge in [-0.1, -0.05) is 48.5 Å². The average Bonchev–Trinajstić information content (AvgIpc) is 3.69. The molecule has 5 rings (SSSR count). The fraction of sp³-hybridized carbons (Fsp3) is 0.343. The minimum Gasteiger partial charge on any atom is -0.444 e. The molecule has 1 saturated carbocycles. The molecule has 11 heteroatoms. The highest BCUT2D eigenvalue weighted by molar-refractivity contribution is 6.03. The molecule has 8 nitrogen and oxygen atoms in total. The van der Waals surface area contributed by atoms with Crippen molar-refractivity contribution in [2.75, 3.05) is 11.9 Å². The maximum atomic E-state index is 13.8. The first-order chi connectivity index (χ1) is 21.8. The van der Waals surface area contributed by atoms with E-state index in [1.807, 2.05) is 30.3 Å². The first-order valence-electron chi connectivity index (χ1n) is 15.2. The molecule has 1 heterocycles. The number of nitrogens with zero attached hydrogens (tertiary/aromatic N) is 2. The maximum Gasteiger partial charge on any atom is 0.435 e. The molecular formula is C35H38F3N5O3. The zero-order valence-corrected chi connectivity index (χ0v) is 26.2. The van der Waals surface area contributed by atoms with Crippen molar-refractivity contribution in [3.63, 3.8) is 0 Å². The fourth-order valence-electron chi connectivity index (χ4n) is 5.08. The summed E-state index contributed by atoms with van der Waals surface area (Å²) < 4.78 is 47.6. The summed E-state index contributed by atoms with van der Waals surface area (Å²) in [6.45, 7) is 8.18. The zero-order valence-electron chi connectivity index (χ0n) is 26.2. The predicted octanol–water partition coefficient (Wildman–Crippen LogP) is 7.57. The van der Waals surface area contributed by atoms with E-state index in [1.165, 1.54) is 12.8 Å². The van der Waals surface area contributed by atoms with Crippen molar-refractivity contribution < 1.29 is 27.5 Å². The molecule has 3 aromatic carbocycles. The molecule has 1 aliphatic carbocycles. The molecule has 1 fully saturated rings. The van der Waals surface area contributed by atoms with Gasteiger partial charge in [0.05, 0.1) is 11.7 Å². The number of aryl methyl sites for hydroxylation is 1. The molecule has 0 radical (unpaired) electrons. The van der Waals surface area contributed by atoms with Crippen LogP contribution < -0.4 is 16.0 Å². The Morgan fingerprint density at radius 2 is 1.72 bits per heavy atom. The summed E-state index contributed by atoms with van der Waals surface area (Å²) in [5.74, 6) is -0.111. The van der Waals surface area contributed by atoms with Gasteiger partial charge in [-0.15, -0.1) is 0 Å². The van der Waals surface area contributed by atoms with Gasteiger partial charge in [0.1, 0.15) is 11.3 Å². The third-order valence-electron chi connectivity index (χ3n) is 7.51. The number of ether oxygens (including phenoxy) is 1. The highest BCUT2D eigenvalue weighted by Gasteiger charge is 2.36. The standard InChI is InChI=1S/C35H38F3N5O3/c1-22-9-5-6-14-28(22)31(39-20-23-15-16-23)25-11-8-12-26(18-25)41-32(44)29-19-30(35(36,37)38)42-43(29)27-13-7-10-24(17-27)21-40-33(45)46-34(2,3)4/h5-14,17-19,23,31,39H,15-16,20-21H2,1-4H3,(H,40,45)(H,41,44). The fourth-order valence-corrected chi connectivity index (χ4v) is 5.08. The Bertz CT molecular complexity index is 1710. The van der Waals surface area contributed by atoms with Crippen molar-refractivity contribution in [1.29, 1.82) is 0 Å². The normalized spacial score (nSPS) is 14.1. The van der Waals surface area contributed by atoms with E-state index in [0.29, 0.717) is 17.2 Å². The number of rotatable bonds is 10. The number of hydrogen-bond donors (Lipinski definition) is 3. The van der Waals surface area contributed by atoms with Crippen molar-refractivity contribution in [2.24, 2.45) is 5.92 Å². The smallest absolute Gasteiger partial charge is 0.435 e. The third kappa shape index (κ3) is 8.54. The molecule has 4 aromatic rings. The third-order valence-corrected chi connectivity index (χ3v) is 7.51. The summed E-state index contributed by atoms with van der Waals surface area (Å²) in [6.07, 6.45) is -3.02. The number of alkyl carbamates (subject to hydrolysis) is 1. The zero-order chi connectivity index (χ0) is 33.1. The molecule has 1 aliphatic rings. The van der Waals surface area contributed by atoms with E-state index >= 15 is 0 Å². The molecule has 2 amide bonds. The van der Waals surface area contributed by atoms with Gasteiger partial charge < -0.3 is 20.7 Å². The van der Waals surface area contributed by atoms with Crippen molar-refractivity contribution in [3.8, 4) is 5.69 Å². The number of carbonyl (C=O) groups is 2. The number of aromatic nitrogens is 2. The van der Waals surface area contributed by atoms with Crippen LogP contribution in [0.15, 0.2) is 78.9 Å². The van der Waals surface area contributed by atoms with Crippen LogP contribution in [0.4, 0.5) is 23.7 Å². The molecule has 0 spiro atoms. The van der Waals surface area contributed by atoms with E-state index in [9.17, 15) is 22.8 Å². The Hall–Kier alpha value is -4.64. The van der Waals surface area contributed by atoms with Gasteiger partial charge in [0.25, 0.3) is 5.91 Å².